The molecule has 0 radical (unpaired) electrons. The van der Waals surface area contributed by atoms with Crippen molar-refractivity contribution in [1.82, 2.24) is 5.32 Å². The Bertz CT molecular complexity index is 709. The first-order chi connectivity index (χ1) is 18.0. The zero-order chi connectivity index (χ0) is 27.0. The largest absolute Gasteiger partial charge is 0.756 e. The monoisotopic (exact) mass is 564 g/mol. The average molecular weight is 565 g/mol. The summed E-state index contributed by atoms with van der Waals surface area (Å²) in [4.78, 5) is 26.8. The van der Waals surface area contributed by atoms with Crippen molar-refractivity contribution >= 4 is 25.3 Å². The number of phosphoric ester groups is 1. The third-order valence-electron chi connectivity index (χ3n) is 6.05. The van der Waals surface area contributed by atoms with Crippen LogP contribution in [0, 0.1) is 0 Å². The molecule has 1 aromatic heterocycles. The molecule has 2 unspecified atom stereocenters. The number of aromatic nitrogens is 1. The normalized spacial score (nSPS) is 13.8. The number of unbranched alkanes of at least 4 members (excludes halogenated alkanes) is 13. The van der Waals surface area contributed by atoms with Gasteiger partial charge in [-0.25, -0.2) is 9.78 Å². The number of alkyl carbamates (subject to hydrolysis) is 1. The number of carbonyl (C=O) groups is 1. The van der Waals surface area contributed by atoms with Crippen molar-refractivity contribution in [3.05, 3.63) is 16.6 Å². The number of aromatic amines is 1. The van der Waals surface area contributed by atoms with E-state index < -0.39 is 20.0 Å². The highest BCUT2D eigenvalue weighted by molar-refractivity contribution is 7.45. The van der Waals surface area contributed by atoms with E-state index in [2.05, 4.69) is 17.2 Å². The Morgan fingerprint density at radius 2 is 1.57 bits per heavy atom. The van der Waals surface area contributed by atoms with Crippen LogP contribution in [-0.2, 0) is 29.5 Å². The maximum atomic E-state index is 11.9. The van der Waals surface area contributed by atoms with Gasteiger partial charge >= 0.3 is 6.09 Å². The Kier molecular flexibility index (Phi) is 21.1. The number of ether oxygens (including phenoxy) is 2. The highest BCUT2D eigenvalue weighted by atomic mass is 32.1. The third-order valence-corrected chi connectivity index (χ3v) is 7.90. The van der Waals surface area contributed by atoms with E-state index in [4.69, 9.17) is 18.5 Å². The van der Waals surface area contributed by atoms with Crippen LogP contribution < -0.4 is 15.2 Å². The predicted octanol–water partition coefficient (Wildman–Crippen LogP) is 5.83. The van der Waals surface area contributed by atoms with Gasteiger partial charge in [-0.1, -0.05) is 102 Å². The molecule has 0 spiro atoms. The van der Waals surface area contributed by atoms with Gasteiger partial charge in [0.15, 0.2) is 6.20 Å². The van der Waals surface area contributed by atoms with Crippen LogP contribution in [0.25, 0.3) is 0 Å². The fourth-order valence-corrected chi connectivity index (χ4v) is 5.16. The van der Waals surface area contributed by atoms with Crippen LogP contribution in [0.5, 0.6) is 0 Å². The van der Waals surface area contributed by atoms with Crippen molar-refractivity contribution < 1.29 is 37.8 Å². The number of hydrogen-bond donors (Lipinski definition) is 1. The SMILES string of the molecule is CCCCCCCCCCCCCCCCNC(=O)OCC(COP(=O)([O-])OCCc1[nH+]ccs1)OC. The molecule has 0 aliphatic carbocycles. The minimum absolute atomic E-state index is 0.0202. The van der Waals surface area contributed by atoms with E-state index in [9.17, 15) is 14.3 Å². The number of H-pyrrole nitrogens is 1. The summed E-state index contributed by atoms with van der Waals surface area (Å²) in [7, 11) is -3.07. The predicted molar refractivity (Wildman–Crippen MR) is 145 cm³/mol. The van der Waals surface area contributed by atoms with Crippen LogP contribution in [0.2, 0.25) is 0 Å². The maximum Gasteiger partial charge on any atom is 0.407 e. The molecule has 2 N–H and O–H groups in total. The quantitative estimate of drug-likeness (QED) is 0.117. The van der Waals surface area contributed by atoms with E-state index >= 15 is 0 Å². The molecule has 1 amide bonds. The van der Waals surface area contributed by atoms with Crippen LogP contribution in [0.4, 0.5) is 4.79 Å². The Hall–Kier alpha value is -1.03. The first-order valence-electron chi connectivity index (χ1n) is 13.9. The van der Waals surface area contributed by atoms with Crippen molar-refractivity contribution in [3.63, 3.8) is 0 Å². The fourth-order valence-electron chi connectivity index (χ4n) is 3.78. The van der Waals surface area contributed by atoms with Crippen molar-refractivity contribution in [2.45, 2.75) is 109 Å². The van der Waals surface area contributed by atoms with Gasteiger partial charge in [-0.3, -0.25) is 4.57 Å². The minimum Gasteiger partial charge on any atom is -0.756 e. The lowest BCUT2D eigenvalue weighted by Gasteiger charge is -2.24. The molecule has 0 aromatic carbocycles. The highest BCUT2D eigenvalue weighted by Crippen LogP contribution is 2.38. The maximum absolute atomic E-state index is 11.9. The molecule has 2 atom stereocenters. The summed E-state index contributed by atoms with van der Waals surface area (Å²) < 4.78 is 31.9. The van der Waals surface area contributed by atoms with Gasteiger partial charge in [0, 0.05) is 13.7 Å². The number of nitrogens with one attached hydrogen (secondary N) is 2. The summed E-state index contributed by atoms with van der Waals surface area (Å²) in [5.41, 5.74) is 0. The molecule has 1 rings (SSSR count). The lowest BCUT2D eigenvalue weighted by Crippen LogP contribution is -2.31. The van der Waals surface area contributed by atoms with Crippen LogP contribution in [0.15, 0.2) is 11.6 Å². The van der Waals surface area contributed by atoms with Crippen molar-refractivity contribution in [2.24, 2.45) is 0 Å². The lowest BCUT2D eigenvalue weighted by atomic mass is 10.0. The highest BCUT2D eigenvalue weighted by Gasteiger charge is 2.17. The number of thiazole rings is 1. The molecular weight excluding hydrogens is 515 g/mol. The van der Waals surface area contributed by atoms with Crippen LogP contribution in [0.1, 0.15) is 102 Å². The van der Waals surface area contributed by atoms with Crippen molar-refractivity contribution in [3.8, 4) is 0 Å². The summed E-state index contributed by atoms with van der Waals surface area (Å²) in [6, 6.07) is 0. The number of methoxy groups -OCH3 is 1. The molecule has 37 heavy (non-hydrogen) atoms. The summed E-state index contributed by atoms with van der Waals surface area (Å²) in [6.07, 6.45) is 18.9. The first kappa shape index (κ1) is 34.0. The molecule has 0 saturated carbocycles. The number of hydrogen-bond acceptors (Lipinski definition) is 8. The standard InChI is InChI=1S/C26H49N2O7PS/c1-3-4-5-6-7-8-9-10-11-12-13-14-15-16-18-28-26(29)33-22-24(32-2)23-35-36(30,31)34-20-17-25-27-19-21-37-25/h19,21,24H,3-18,20,22-23H2,1-2H3,(H,28,29)(H,30,31). The molecule has 216 valence electrons. The Labute approximate surface area is 227 Å². The summed E-state index contributed by atoms with van der Waals surface area (Å²) in [6.45, 7) is 2.37. The van der Waals surface area contributed by atoms with Gasteiger partial charge in [0.1, 0.15) is 12.7 Å². The van der Waals surface area contributed by atoms with Gasteiger partial charge in [0.05, 0.1) is 25.0 Å². The molecule has 0 saturated heterocycles. The molecule has 0 bridgehead atoms. The van der Waals surface area contributed by atoms with Gasteiger partial charge in [-0.2, -0.15) is 0 Å². The van der Waals surface area contributed by atoms with Crippen LogP contribution >= 0.6 is 19.2 Å². The summed E-state index contributed by atoms with van der Waals surface area (Å²) in [5.74, 6) is 0. The molecule has 11 heteroatoms. The van der Waals surface area contributed by atoms with Crippen LogP contribution in [-0.4, -0.2) is 45.7 Å². The number of rotatable bonds is 25. The van der Waals surface area contributed by atoms with Crippen molar-refractivity contribution in [2.75, 3.05) is 33.5 Å². The van der Waals surface area contributed by atoms with Gasteiger partial charge in [-0.15, -0.1) is 0 Å². The second-order valence-electron chi connectivity index (χ2n) is 9.29. The second-order valence-corrected chi connectivity index (χ2v) is 11.7. The topological polar surface area (TPSA) is 120 Å². The molecule has 1 aromatic rings. The van der Waals surface area contributed by atoms with Crippen LogP contribution in [0.3, 0.4) is 0 Å². The van der Waals surface area contributed by atoms with E-state index in [1.54, 1.807) is 6.20 Å². The minimum atomic E-state index is -4.47. The van der Waals surface area contributed by atoms with Gasteiger partial charge in [0.2, 0.25) is 5.01 Å². The van der Waals surface area contributed by atoms with E-state index in [0.717, 1.165) is 17.8 Å². The van der Waals surface area contributed by atoms with Gasteiger partial charge in [0.25, 0.3) is 7.82 Å². The van der Waals surface area contributed by atoms with Gasteiger partial charge in [-0.05, 0) is 6.42 Å². The zero-order valence-corrected chi connectivity index (χ0v) is 24.6. The molecule has 0 fully saturated rings. The fraction of sp³-hybridized carbons (Fsp3) is 0.846. The number of carbonyl (C=O) groups excluding carboxylic acids is 1. The summed E-state index contributed by atoms with van der Waals surface area (Å²) in [5, 5.41) is 5.49. The average Bonchev–Trinajstić information content (AvgIpc) is 3.40. The van der Waals surface area contributed by atoms with Gasteiger partial charge < -0.3 is 28.7 Å². The smallest absolute Gasteiger partial charge is 0.407 e. The number of phosphoric acid groups is 1. The number of amides is 1. The Morgan fingerprint density at radius 3 is 2.11 bits per heavy atom. The molecular formula is C26H49N2O7PS. The zero-order valence-electron chi connectivity index (χ0n) is 22.9. The molecule has 0 aliphatic rings. The second kappa shape index (κ2) is 22.9. The van der Waals surface area contributed by atoms with Crippen molar-refractivity contribution in [1.29, 1.82) is 0 Å². The summed E-state index contributed by atoms with van der Waals surface area (Å²) >= 11 is 1.48. The first-order valence-corrected chi connectivity index (χ1v) is 16.3. The van der Waals surface area contributed by atoms with E-state index in [1.165, 1.54) is 95.5 Å². The molecule has 9 nitrogen and oxygen atoms in total. The Morgan fingerprint density at radius 1 is 0.973 bits per heavy atom. The van der Waals surface area contributed by atoms with E-state index in [1.807, 2.05) is 5.38 Å². The van der Waals surface area contributed by atoms with E-state index in [0.29, 0.717) is 13.0 Å². The Balaban J connectivity index is 1.94. The molecule has 1 heterocycles. The van der Waals surface area contributed by atoms with E-state index in [-0.39, 0.29) is 19.8 Å². The molecule has 0 aliphatic heterocycles. The third kappa shape index (κ3) is 20.6. The lowest BCUT2D eigenvalue weighted by molar-refractivity contribution is -0.382.